The van der Waals surface area contributed by atoms with Crippen molar-refractivity contribution < 1.29 is 14.6 Å². The van der Waals surface area contributed by atoms with Crippen LogP contribution in [0.1, 0.15) is 20.3 Å². The average molecular weight is 156 g/mol. The second-order valence-electron chi connectivity index (χ2n) is 2.70. The van der Waals surface area contributed by atoms with Crippen molar-refractivity contribution in [3.05, 3.63) is 11.6 Å². The van der Waals surface area contributed by atoms with Crippen molar-refractivity contribution in [2.24, 2.45) is 0 Å². The highest BCUT2D eigenvalue weighted by Gasteiger charge is 2.35. The molecule has 0 spiro atoms. The van der Waals surface area contributed by atoms with Gasteiger partial charge in [0.1, 0.15) is 6.10 Å². The van der Waals surface area contributed by atoms with Gasteiger partial charge < -0.3 is 9.84 Å². The number of hydrogen-bond donors (Lipinski definition) is 1. The number of hydrogen-bond acceptors (Lipinski definition) is 2. The molecule has 1 rings (SSSR count). The van der Waals surface area contributed by atoms with Crippen LogP contribution in [-0.2, 0) is 9.53 Å². The summed E-state index contributed by atoms with van der Waals surface area (Å²) in [6.45, 7) is 3.60. The summed E-state index contributed by atoms with van der Waals surface area (Å²) in [5.74, 6) is -0.865. The molecule has 3 nitrogen and oxygen atoms in total. The molecular formula is C8H12O3. The quantitative estimate of drug-likeness (QED) is 0.493. The summed E-state index contributed by atoms with van der Waals surface area (Å²) < 4.78 is 5.15. The first kappa shape index (κ1) is 8.27. The molecule has 0 bridgehead atoms. The molecule has 1 saturated heterocycles. The second-order valence-corrected chi connectivity index (χ2v) is 2.70. The molecule has 1 aliphatic heterocycles. The smallest absolute Gasteiger partial charge is 0.331 e. The first-order valence-corrected chi connectivity index (χ1v) is 3.72. The molecule has 1 fully saturated rings. The summed E-state index contributed by atoms with van der Waals surface area (Å²) >= 11 is 0. The molecule has 0 saturated carbocycles. The van der Waals surface area contributed by atoms with Crippen LogP contribution in [0.2, 0.25) is 0 Å². The van der Waals surface area contributed by atoms with Crippen LogP contribution in [0.4, 0.5) is 0 Å². The zero-order chi connectivity index (χ0) is 8.43. The van der Waals surface area contributed by atoms with Crippen LogP contribution in [0.25, 0.3) is 0 Å². The maximum absolute atomic E-state index is 10.3. The van der Waals surface area contributed by atoms with Gasteiger partial charge in [-0.1, -0.05) is 6.92 Å². The Kier molecular flexibility index (Phi) is 2.29. The Morgan fingerprint density at radius 2 is 2.36 bits per heavy atom. The molecule has 0 aromatic rings. The van der Waals surface area contributed by atoms with Crippen LogP contribution < -0.4 is 0 Å². The van der Waals surface area contributed by atoms with Gasteiger partial charge in [0.05, 0.1) is 6.10 Å². The highest BCUT2D eigenvalue weighted by atomic mass is 16.6. The van der Waals surface area contributed by atoms with Gasteiger partial charge in [0.15, 0.2) is 0 Å². The Labute approximate surface area is 65.7 Å². The van der Waals surface area contributed by atoms with Crippen LogP contribution in [-0.4, -0.2) is 23.3 Å². The Morgan fingerprint density at radius 1 is 1.73 bits per heavy atom. The number of carbonyl (C=O) groups is 1. The zero-order valence-corrected chi connectivity index (χ0v) is 6.70. The van der Waals surface area contributed by atoms with Gasteiger partial charge in [-0.3, -0.25) is 0 Å². The Hall–Kier alpha value is -0.830. The topological polar surface area (TPSA) is 49.8 Å². The van der Waals surface area contributed by atoms with E-state index in [0.717, 1.165) is 6.42 Å². The lowest BCUT2D eigenvalue weighted by atomic mass is 10.2. The molecule has 3 heteroatoms. The lowest BCUT2D eigenvalue weighted by Gasteiger charge is -1.88. The minimum Gasteiger partial charge on any atom is -0.478 e. The second kappa shape index (κ2) is 3.05. The van der Waals surface area contributed by atoms with Gasteiger partial charge in [-0.25, -0.2) is 4.79 Å². The van der Waals surface area contributed by atoms with Crippen LogP contribution in [0.3, 0.4) is 0 Å². The Balaban J connectivity index is 2.42. The molecule has 2 atom stereocenters. The third kappa shape index (κ3) is 2.05. The molecule has 11 heavy (non-hydrogen) atoms. The zero-order valence-electron chi connectivity index (χ0n) is 6.70. The predicted octanol–water partition coefficient (Wildman–Crippen LogP) is 1.19. The largest absolute Gasteiger partial charge is 0.478 e. The first-order valence-electron chi connectivity index (χ1n) is 3.72. The molecule has 1 heterocycles. The van der Waals surface area contributed by atoms with E-state index in [1.165, 1.54) is 0 Å². The van der Waals surface area contributed by atoms with E-state index in [9.17, 15) is 4.79 Å². The molecule has 0 aromatic carbocycles. The normalized spacial score (nSPS) is 30.2. The van der Waals surface area contributed by atoms with E-state index < -0.39 is 5.97 Å². The lowest BCUT2D eigenvalue weighted by Crippen LogP contribution is -1.98. The first-order chi connectivity index (χ1) is 5.15. The van der Waals surface area contributed by atoms with Gasteiger partial charge in [0.25, 0.3) is 0 Å². The predicted molar refractivity (Wildman–Crippen MR) is 40.3 cm³/mol. The molecule has 0 radical (unpaired) electrons. The van der Waals surface area contributed by atoms with Crippen molar-refractivity contribution in [3.8, 4) is 0 Å². The van der Waals surface area contributed by atoms with Gasteiger partial charge in [0.2, 0.25) is 0 Å². The van der Waals surface area contributed by atoms with E-state index in [-0.39, 0.29) is 12.2 Å². The number of rotatable bonds is 3. The Morgan fingerprint density at radius 3 is 2.73 bits per heavy atom. The van der Waals surface area contributed by atoms with Gasteiger partial charge >= 0.3 is 5.97 Å². The molecule has 1 N–H and O–H groups in total. The molecule has 1 aliphatic rings. The summed E-state index contributed by atoms with van der Waals surface area (Å²) in [4.78, 5) is 10.3. The van der Waals surface area contributed by atoms with Gasteiger partial charge in [0, 0.05) is 5.57 Å². The van der Waals surface area contributed by atoms with E-state index in [2.05, 4.69) is 0 Å². The lowest BCUT2D eigenvalue weighted by molar-refractivity contribution is -0.132. The van der Waals surface area contributed by atoms with Crippen LogP contribution in [0.15, 0.2) is 11.6 Å². The van der Waals surface area contributed by atoms with Crippen molar-refractivity contribution >= 4 is 5.97 Å². The number of aliphatic carboxylic acids is 1. The summed E-state index contributed by atoms with van der Waals surface area (Å²) in [6.07, 6.45) is 2.92. The fourth-order valence-electron chi connectivity index (χ4n) is 0.949. The fourth-order valence-corrected chi connectivity index (χ4v) is 0.949. The van der Waals surface area contributed by atoms with E-state index >= 15 is 0 Å². The number of carboxylic acid groups (broad SMARTS) is 1. The maximum Gasteiger partial charge on any atom is 0.331 e. The van der Waals surface area contributed by atoms with Gasteiger partial charge in [-0.15, -0.1) is 0 Å². The van der Waals surface area contributed by atoms with Crippen molar-refractivity contribution in [1.29, 1.82) is 0 Å². The third-order valence-electron chi connectivity index (χ3n) is 1.78. The Bertz CT molecular complexity index is 196. The monoisotopic (exact) mass is 156 g/mol. The molecule has 0 amide bonds. The van der Waals surface area contributed by atoms with Crippen molar-refractivity contribution in [2.45, 2.75) is 32.5 Å². The minimum absolute atomic E-state index is 0.0519. The molecule has 2 unspecified atom stereocenters. The highest BCUT2D eigenvalue weighted by Crippen LogP contribution is 2.26. The van der Waals surface area contributed by atoms with Gasteiger partial charge in [-0.05, 0) is 19.4 Å². The van der Waals surface area contributed by atoms with Gasteiger partial charge in [-0.2, -0.15) is 0 Å². The summed E-state index contributed by atoms with van der Waals surface area (Å²) in [6, 6.07) is 0. The average Bonchev–Trinajstić information content (AvgIpc) is 2.67. The maximum atomic E-state index is 10.3. The van der Waals surface area contributed by atoms with Crippen LogP contribution >= 0.6 is 0 Å². The number of epoxide rings is 1. The van der Waals surface area contributed by atoms with E-state index in [0.29, 0.717) is 5.57 Å². The van der Waals surface area contributed by atoms with E-state index in [1.54, 1.807) is 13.0 Å². The highest BCUT2D eigenvalue weighted by molar-refractivity contribution is 5.85. The van der Waals surface area contributed by atoms with Crippen molar-refractivity contribution in [3.63, 3.8) is 0 Å². The fraction of sp³-hybridized carbons (Fsp3) is 0.625. The van der Waals surface area contributed by atoms with Crippen LogP contribution in [0.5, 0.6) is 0 Å². The SMILES string of the molecule is CCC1OC1/C=C(\C)C(=O)O. The molecule has 62 valence electrons. The molecule has 0 aliphatic carbocycles. The minimum atomic E-state index is -0.865. The standard InChI is InChI=1S/C8H12O3/c1-3-6-7(11-6)4-5(2)8(9)10/h4,6-7H,3H2,1-2H3,(H,9,10)/b5-4+. The van der Waals surface area contributed by atoms with Crippen molar-refractivity contribution in [2.75, 3.05) is 0 Å². The summed E-state index contributed by atoms with van der Waals surface area (Å²) in [5, 5.41) is 8.49. The molecular weight excluding hydrogens is 144 g/mol. The molecule has 0 aromatic heterocycles. The summed E-state index contributed by atoms with van der Waals surface area (Å²) in [5.41, 5.74) is 0.367. The van der Waals surface area contributed by atoms with Crippen LogP contribution in [0, 0.1) is 0 Å². The van der Waals surface area contributed by atoms with E-state index in [4.69, 9.17) is 9.84 Å². The number of ether oxygens (including phenoxy) is 1. The number of carboxylic acids is 1. The van der Waals surface area contributed by atoms with Crippen molar-refractivity contribution in [1.82, 2.24) is 0 Å². The summed E-state index contributed by atoms with van der Waals surface area (Å²) in [7, 11) is 0. The van der Waals surface area contributed by atoms with E-state index in [1.807, 2.05) is 6.92 Å². The third-order valence-corrected chi connectivity index (χ3v) is 1.78.